The molecule has 0 amide bonds. The molecular weight excluding hydrogens is 206 g/mol. The minimum atomic E-state index is 0.391. The fourth-order valence-corrected chi connectivity index (χ4v) is 2.31. The summed E-state index contributed by atoms with van der Waals surface area (Å²) in [7, 11) is 0. The van der Waals surface area contributed by atoms with Gasteiger partial charge in [0.15, 0.2) is 0 Å². The van der Waals surface area contributed by atoms with Gasteiger partial charge in [-0.25, -0.2) is 0 Å². The van der Waals surface area contributed by atoms with E-state index in [1.165, 1.54) is 11.1 Å². The van der Waals surface area contributed by atoms with Crippen LogP contribution in [0.3, 0.4) is 0 Å². The fourth-order valence-electron chi connectivity index (χ4n) is 2.31. The van der Waals surface area contributed by atoms with E-state index in [1.54, 1.807) is 0 Å². The molecule has 0 radical (unpaired) electrons. The summed E-state index contributed by atoms with van der Waals surface area (Å²) in [4.78, 5) is 0. The van der Waals surface area contributed by atoms with Crippen molar-refractivity contribution in [2.45, 2.75) is 12.8 Å². The summed E-state index contributed by atoms with van der Waals surface area (Å²) >= 11 is 0. The van der Waals surface area contributed by atoms with Crippen molar-refractivity contribution in [3.8, 4) is 0 Å². The summed E-state index contributed by atoms with van der Waals surface area (Å²) < 4.78 is 0. The van der Waals surface area contributed by atoms with E-state index in [1.807, 2.05) is 0 Å². The van der Waals surface area contributed by atoms with E-state index in [2.05, 4.69) is 67.6 Å². The van der Waals surface area contributed by atoms with Crippen molar-refractivity contribution in [2.75, 3.05) is 6.54 Å². The fraction of sp³-hybridized carbons (Fsp3) is 0.250. The first kappa shape index (κ1) is 11.9. The SMILES string of the molecule is C[C@@H](CN)C(c1ccccc1)c1ccccc1. The molecule has 0 saturated heterocycles. The van der Waals surface area contributed by atoms with Crippen molar-refractivity contribution < 1.29 is 0 Å². The Morgan fingerprint density at radius 2 is 1.24 bits per heavy atom. The van der Waals surface area contributed by atoms with Crippen molar-refractivity contribution in [3.05, 3.63) is 71.8 Å². The Bertz CT molecular complexity index is 396. The Kier molecular flexibility index (Phi) is 3.94. The zero-order valence-corrected chi connectivity index (χ0v) is 10.2. The third kappa shape index (κ3) is 2.75. The van der Waals surface area contributed by atoms with Crippen LogP contribution in [-0.2, 0) is 0 Å². The smallest absolute Gasteiger partial charge is 0.0127 e. The topological polar surface area (TPSA) is 26.0 Å². The molecule has 2 N–H and O–H groups in total. The Morgan fingerprint density at radius 1 is 0.824 bits per heavy atom. The Hall–Kier alpha value is -1.60. The van der Waals surface area contributed by atoms with Gasteiger partial charge in [-0.3, -0.25) is 0 Å². The van der Waals surface area contributed by atoms with Gasteiger partial charge in [0.05, 0.1) is 0 Å². The largest absolute Gasteiger partial charge is 0.330 e. The zero-order valence-electron chi connectivity index (χ0n) is 10.2. The summed E-state index contributed by atoms with van der Waals surface area (Å²) in [6.45, 7) is 2.92. The molecule has 2 aromatic rings. The molecule has 0 unspecified atom stereocenters. The number of nitrogens with two attached hydrogens (primary N) is 1. The van der Waals surface area contributed by atoms with Crippen molar-refractivity contribution in [1.82, 2.24) is 0 Å². The standard InChI is InChI=1S/C16H19N/c1-13(12-17)16(14-8-4-2-5-9-14)15-10-6-3-7-11-15/h2-11,13,16H,12,17H2,1H3/t13-/m0/s1. The quantitative estimate of drug-likeness (QED) is 0.847. The number of benzene rings is 2. The molecule has 0 aliphatic rings. The highest BCUT2D eigenvalue weighted by Gasteiger charge is 2.19. The summed E-state index contributed by atoms with van der Waals surface area (Å²) in [6.07, 6.45) is 0. The molecule has 0 saturated carbocycles. The second-order valence-corrected chi connectivity index (χ2v) is 4.51. The monoisotopic (exact) mass is 225 g/mol. The van der Waals surface area contributed by atoms with Crippen molar-refractivity contribution >= 4 is 0 Å². The number of rotatable bonds is 4. The predicted octanol–water partition coefficient (Wildman–Crippen LogP) is 3.41. The molecule has 1 atom stereocenters. The number of hydrogen-bond acceptors (Lipinski definition) is 1. The summed E-state index contributed by atoms with van der Waals surface area (Å²) in [5.74, 6) is 0.835. The highest BCUT2D eigenvalue weighted by Crippen LogP contribution is 2.31. The molecule has 0 bridgehead atoms. The average Bonchev–Trinajstić information content (AvgIpc) is 2.41. The highest BCUT2D eigenvalue weighted by atomic mass is 14.5. The van der Waals surface area contributed by atoms with Gasteiger partial charge in [0.2, 0.25) is 0 Å². The van der Waals surface area contributed by atoms with E-state index < -0.39 is 0 Å². The van der Waals surface area contributed by atoms with Crippen molar-refractivity contribution in [2.24, 2.45) is 11.7 Å². The zero-order chi connectivity index (χ0) is 12.1. The third-order valence-electron chi connectivity index (χ3n) is 3.26. The van der Waals surface area contributed by atoms with E-state index in [4.69, 9.17) is 5.73 Å². The van der Waals surface area contributed by atoms with Gasteiger partial charge in [-0.05, 0) is 23.6 Å². The summed E-state index contributed by atoms with van der Waals surface area (Å²) in [5, 5.41) is 0. The van der Waals surface area contributed by atoms with E-state index in [-0.39, 0.29) is 0 Å². The lowest BCUT2D eigenvalue weighted by atomic mass is 9.82. The maximum Gasteiger partial charge on any atom is 0.0127 e. The molecule has 0 spiro atoms. The highest BCUT2D eigenvalue weighted by molar-refractivity contribution is 5.33. The van der Waals surface area contributed by atoms with Gasteiger partial charge in [0, 0.05) is 5.92 Å². The van der Waals surface area contributed by atoms with Gasteiger partial charge >= 0.3 is 0 Å². The van der Waals surface area contributed by atoms with Crippen LogP contribution in [0.1, 0.15) is 24.0 Å². The molecule has 0 aliphatic heterocycles. The molecule has 0 aromatic heterocycles. The molecule has 88 valence electrons. The molecule has 17 heavy (non-hydrogen) atoms. The van der Waals surface area contributed by atoms with Gasteiger partial charge < -0.3 is 5.73 Å². The predicted molar refractivity (Wildman–Crippen MR) is 72.9 cm³/mol. The van der Waals surface area contributed by atoms with Gasteiger partial charge in [-0.15, -0.1) is 0 Å². The minimum Gasteiger partial charge on any atom is -0.330 e. The van der Waals surface area contributed by atoms with E-state index >= 15 is 0 Å². The molecule has 2 aromatic carbocycles. The number of hydrogen-bond donors (Lipinski definition) is 1. The van der Waals surface area contributed by atoms with Crippen LogP contribution in [-0.4, -0.2) is 6.54 Å². The van der Waals surface area contributed by atoms with Crippen LogP contribution in [0.25, 0.3) is 0 Å². The van der Waals surface area contributed by atoms with E-state index in [0.29, 0.717) is 18.4 Å². The van der Waals surface area contributed by atoms with E-state index in [9.17, 15) is 0 Å². The Labute approximate surface area is 103 Å². The lowest BCUT2D eigenvalue weighted by Gasteiger charge is -2.23. The Balaban J connectivity index is 2.39. The van der Waals surface area contributed by atoms with Crippen LogP contribution in [0, 0.1) is 5.92 Å². The maximum atomic E-state index is 5.85. The maximum absolute atomic E-state index is 5.85. The first-order valence-electron chi connectivity index (χ1n) is 6.13. The molecule has 0 aliphatic carbocycles. The average molecular weight is 225 g/mol. The Morgan fingerprint density at radius 3 is 1.59 bits per heavy atom. The second kappa shape index (κ2) is 5.65. The summed E-state index contributed by atoms with van der Waals surface area (Å²) in [6, 6.07) is 21.2. The minimum absolute atomic E-state index is 0.391. The van der Waals surface area contributed by atoms with Crippen LogP contribution in [0.4, 0.5) is 0 Å². The van der Waals surface area contributed by atoms with Crippen LogP contribution in [0.5, 0.6) is 0 Å². The molecule has 1 nitrogen and oxygen atoms in total. The first-order valence-corrected chi connectivity index (χ1v) is 6.13. The van der Waals surface area contributed by atoms with Gasteiger partial charge in [-0.2, -0.15) is 0 Å². The van der Waals surface area contributed by atoms with E-state index in [0.717, 1.165) is 0 Å². The lowest BCUT2D eigenvalue weighted by Crippen LogP contribution is -2.20. The first-order chi connectivity index (χ1) is 8.33. The molecule has 0 heterocycles. The van der Waals surface area contributed by atoms with Crippen LogP contribution >= 0.6 is 0 Å². The van der Waals surface area contributed by atoms with Crippen molar-refractivity contribution in [3.63, 3.8) is 0 Å². The molecule has 2 rings (SSSR count). The molecular formula is C16H19N. The second-order valence-electron chi connectivity index (χ2n) is 4.51. The normalized spacial score (nSPS) is 12.6. The van der Waals surface area contributed by atoms with Crippen LogP contribution < -0.4 is 5.73 Å². The van der Waals surface area contributed by atoms with Crippen molar-refractivity contribution in [1.29, 1.82) is 0 Å². The summed E-state index contributed by atoms with van der Waals surface area (Å²) in [5.41, 5.74) is 8.54. The van der Waals surface area contributed by atoms with Gasteiger partial charge in [0.1, 0.15) is 0 Å². The van der Waals surface area contributed by atoms with Crippen LogP contribution in [0.15, 0.2) is 60.7 Å². The third-order valence-corrected chi connectivity index (χ3v) is 3.26. The van der Waals surface area contributed by atoms with Gasteiger partial charge in [0.25, 0.3) is 0 Å². The van der Waals surface area contributed by atoms with Crippen LogP contribution in [0.2, 0.25) is 0 Å². The lowest BCUT2D eigenvalue weighted by molar-refractivity contribution is 0.524. The molecule has 0 fully saturated rings. The van der Waals surface area contributed by atoms with Gasteiger partial charge in [-0.1, -0.05) is 67.6 Å². The molecule has 1 heteroatoms.